The molecule has 5 heteroatoms. The minimum atomic E-state index is -1.04. The van der Waals surface area contributed by atoms with E-state index in [1.807, 2.05) is 54.6 Å². The third kappa shape index (κ3) is 5.59. The van der Waals surface area contributed by atoms with Gasteiger partial charge in [-0.05, 0) is 36.6 Å². The lowest BCUT2D eigenvalue weighted by molar-refractivity contribution is -0.126. The van der Waals surface area contributed by atoms with E-state index < -0.39 is 5.54 Å². The molecule has 2 aromatic rings. The molecule has 0 heterocycles. The van der Waals surface area contributed by atoms with E-state index in [-0.39, 0.29) is 5.91 Å². The van der Waals surface area contributed by atoms with Crippen LogP contribution in [0.4, 0.5) is 0 Å². The standard InChI is InChI=1S/C20H26N2O3/c1-20(21,17-7-4-3-5-8-17)19(23)22-13-6-14-25-15-16-9-11-18(24-2)12-10-16/h3-5,7-12H,6,13-15,21H2,1-2H3,(H,22,23). The van der Waals surface area contributed by atoms with Gasteiger partial charge in [0.05, 0.1) is 13.7 Å². The highest BCUT2D eigenvalue weighted by Gasteiger charge is 2.29. The molecule has 0 saturated carbocycles. The first-order chi connectivity index (χ1) is 12.0. The maximum Gasteiger partial charge on any atom is 0.244 e. The number of nitrogens with one attached hydrogen (secondary N) is 1. The second kappa shape index (κ2) is 9.20. The second-order valence-corrected chi connectivity index (χ2v) is 6.08. The van der Waals surface area contributed by atoms with Crippen molar-refractivity contribution in [2.75, 3.05) is 20.3 Å². The Morgan fingerprint density at radius 2 is 1.80 bits per heavy atom. The van der Waals surface area contributed by atoms with E-state index in [0.29, 0.717) is 19.8 Å². The molecule has 0 fully saturated rings. The molecule has 1 unspecified atom stereocenters. The molecular formula is C20H26N2O3. The summed E-state index contributed by atoms with van der Waals surface area (Å²) >= 11 is 0. The normalized spacial score (nSPS) is 13.1. The van der Waals surface area contributed by atoms with Crippen molar-refractivity contribution >= 4 is 5.91 Å². The SMILES string of the molecule is COc1ccc(COCCCNC(=O)C(C)(N)c2ccccc2)cc1. The van der Waals surface area contributed by atoms with Crippen LogP contribution in [0.5, 0.6) is 5.75 Å². The number of amides is 1. The summed E-state index contributed by atoms with van der Waals surface area (Å²) in [7, 11) is 1.64. The molecule has 0 radical (unpaired) electrons. The third-order valence-electron chi connectivity index (χ3n) is 4.02. The average Bonchev–Trinajstić information content (AvgIpc) is 2.65. The van der Waals surface area contributed by atoms with Crippen molar-refractivity contribution in [1.82, 2.24) is 5.32 Å². The number of carbonyl (C=O) groups excluding carboxylic acids is 1. The van der Waals surface area contributed by atoms with Crippen molar-refractivity contribution < 1.29 is 14.3 Å². The number of nitrogens with two attached hydrogens (primary N) is 1. The minimum Gasteiger partial charge on any atom is -0.497 e. The maximum absolute atomic E-state index is 12.3. The quantitative estimate of drug-likeness (QED) is 0.687. The van der Waals surface area contributed by atoms with Crippen LogP contribution in [0.15, 0.2) is 54.6 Å². The molecule has 1 atom stereocenters. The summed E-state index contributed by atoms with van der Waals surface area (Å²) in [5, 5.41) is 2.87. The fourth-order valence-electron chi connectivity index (χ4n) is 2.39. The molecule has 2 aromatic carbocycles. The Kier molecular flexibility index (Phi) is 6.98. The second-order valence-electron chi connectivity index (χ2n) is 6.08. The third-order valence-corrected chi connectivity index (χ3v) is 4.02. The molecule has 0 bridgehead atoms. The Labute approximate surface area is 149 Å². The lowest BCUT2D eigenvalue weighted by atomic mass is 9.92. The lowest BCUT2D eigenvalue weighted by Gasteiger charge is -2.24. The topological polar surface area (TPSA) is 73.6 Å². The van der Waals surface area contributed by atoms with Crippen LogP contribution in [0.3, 0.4) is 0 Å². The molecule has 1 amide bonds. The van der Waals surface area contributed by atoms with Gasteiger partial charge in [-0.25, -0.2) is 0 Å². The van der Waals surface area contributed by atoms with Crippen molar-refractivity contribution in [1.29, 1.82) is 0 Å². The highest BCUT2D eigenvalue weighted by Crippen LogP contribution is 2.17. The molecule has 0 aliphatic carbocycles. The highest BCUT2D eigenvalue weighted by molar-refractivity contribution is 5.86. The van der Waals surface area contributed by atoms with Crippen LogP contribution in [-0.2, 0) is 21.7 Å². The van der Waals surface area contributed by atoms with E-state index in [4.69, 9.17) is 15.2 Å². The Balaban J connectivity index is 1.66. The lowest BCUT2D eigenvalue weighted by Crippen LogP contribution is -2.49. The van der Waals surface area contributed by atoms with E-state index >= 15 is 0 Å². The van der Waals surface area contributed by atoms with E-state index in [1.54, 1.807) is 14.0 Å². The number of benzene rings is 2. The van der Waals surface area contributed by atoms with E-state index in [0.717, 1.165) is 23.3 Å². The predicted molar refractivity (Wildman–Crippen MR) is 98.3 cm³/mol. The van der Waals surface area contributed by atoms with Crippen LogP contribution in [0, 0.1) is 0 Å². The van der Waals surface area contributed by atoms with Crippen LogP contribution in [-0.4, -0.2) is 26.2 Å². The Morgan fingerprint density at radius 3 is 2.44 bits per heavy atom. The Morgan fingerprint density at radius 1 is 1.12 bits per heavy atom. The minimum absolute atomic E-state index is 0.186. The molecule has 134 valence electrons. The fraction of sp³-hybridized carbons (Fsp3) is 0.350. The molecule has 0 saturated heterocycles. The highest BCUT2D eigenvalue weighted by atomic mass is 16.5. The molecule has 5 nitrogen and oxygen atoms in total. The van der Waals surface area contributed by atoms with Crippen LogP contribution in [0.25, 0.3) is 0 Å². The van der Waals surface area contributed by atoms with Gasteiger partial charge in [0.1, 0.15) is 11.3 Å². The molecule has 3 N–H and O–H groups in total. The van der Waals surface area contributed by atoms with Crippen LogP contribution in [0.2, 0.25) is 0 Å². The van der Waals surface area contributed by atoms with Gasteiger partial charge in [0, 0.05) is 13.2 Å². The van der Waals surface area contributed by atoms with Crippen LogP contribution >= 0.6 is 0 Å². The summed E-state index contributed by atoms with van der Waals surface area (Å²) in [5.74, 6) is 0.642. The van der Waals surface area contributed by atoms with Gasteiger partial charge in [0.15, 0.2) is 0 Å². The summed E-state index contributed by atoms with van der Waals surface area (Å²) in [6.07, 6.45) is 0.729. The number of rotatable bonds is 9. The van der Waals surface area contributed by atoms with E-state index in [1.165, 1.54) is 0 Å². The summed E-state index contributed by atoms with van der Waals surface area (Å²) in [5.41, 5.74) is 7.01. The molecular weight excluding hydrogens is 316 g/mol. The number of hydrogen-bond donors (Lipinski definition) is 2. The number of hydrogen-bond acceptors (Lipinski definition) is 4. The summed E-state index contributed by atoms with van der Waals surface area (Å²) in [6.45, 7) is 3.36. The van der Waals surface area contributed by atoms with Crippen LogP contribution in [0.1, 0.15) is 24.5 Å². The van der Waals surface area contributed by atoms with Gasteiger partial charge in [-0.1, -0.05) is 42.5 Å². The van der Waals surface area contributed by atoms with Gasteiger partial charge in [-0.2, -0.15) is 0 Å². The first kappa shape index (κ1) is 19.0. The van der Waals surface area contributed by atoms with Crippen molar-refractivity contribution in [3.63, 3.8) is 0 Å². The number of ether oxygens (including phenoxy) is 2. The zero-order valence-corrected chi connectivity index (χ0v) is 14.8. The maximum atomic E-state index is 12.3. The molecule has 25 heavy (non-hydrogen) atoms. The van der Waals surface area contributed by atoms with E-state index in [9.17, 15) is 4.79 Å². The van der Waals surface area contributed by atoms with Crippen LogP contribution < -0.4 is 15.8 Å². The number of carbonyl (C=O) groups is 1. The largest absolute Gasteiger partial charge is 0.497 e. The van der Waals surface area contributed by atoms with Gasteiger partial charge < -0.3 is 20.5 Å². The number of methoxy groups -OCH3 is 1. The Hall–Kier alpha value is -2.37. The average molecular weight is 342 g/mol. The molecule has 0 aliphatic rings. The van der Waals surface area contributed by atoms with Crippen molar-refractivity contribution in [3.8, 4) is 5.75 Å². The first-order valence-electron chi connectivity index (χ1n) is 8.37. The van der Waals surface area contributed by atoms with Crippen molar-refractivity contribution in [2.24, 2.45) is 5.73 Å². The Bertz CT molecular complexity index is 654. The van der Waals surface area contributed by atoms with E-state index in [2.05, 4.69) is 5.32 Å². The first-order valence-corrected chi connectivity index (χ1v) is 8.37. The summed E-state index contributed by atoms with van der Waals surface area (Å²) in [4.78, 5) is 12.3. The van der Waals surface area contributed by atoms with Gasteiger partial charge >= 0.3 is 0 Å². The van der Waals surface area contributed by atoms with Gasteiger partial charge in [-0.3, -0.25) is 4.79 Å². The predicted octanol–water partition coefficient (Wildman–Crippen LogP) is 2.59. The van der Waals surface area contributed by atoms with Crippen molar-refractivity contribution in [3.05, 3.63) is 65.7 Å². The monoisotopic (exact) mass is 342 g/mol. The molecule has 0 aromatic heterocycles. The molecule has 0 spiro atoms. The zero-order chi connectivity index (χ0) is 18.1. The fourth-order valence-corrected chi connectivity index (χ4v) is 2.39. The smallest absolute Gasteiger partial charge is 0.244 e. The summed E-state index contributed by atoms with van der Waals surface area (Å²) in [6, 6.07) is 17.1. The van der Waals surface area contributed by atoms with Crippen molar-refractivity contribution in [2.45, 2.75) is 25.5 Å². The molecule has 2 rings (SSSR count). The van der Waals surface area contributed by atoms with Gasteiger partial charge in [0.2, 0.25) is 5.91 Å². The summed E-state index contributed by atoms with van der Waals surface area (Å²) < 4.78 is 10.7. The van der Waals surface area contributed by atoms with Gasteiger partial charge in [0.25, 0.3) is 0 Å². The van der Waals surface area contributed by atoms with Gasteiger partial charge in [-0.15, -0.1) is 0 Å². The molecule has 0 aliphatic heterocycles. The zero-order valence-electron chi connectivity index (χ0n) is 14.8.